The maximum atomic E-state index is 14.1. The highest BCUT2D eigenvalue weighted by atomic mass is 19.1. The summed E-state index contributed by atoms with van der Waals surface area (Å²) in [6.45, 7) is 1.92. The number of halogens is 1. The number of nitro groups is 1. The van der Waals surface area contributed by atoms with Crippen LogP contribution in [0.3, 0.4) is 0 Å². The summed E-state index contributed by atoms with van der Waals surface area (Å²) in [6, 6.07) is 3.99. The number of carbonyl (C=O) groups excluding carboxylic acids is 2. The number of nitro benzene ring substituents is 1. The Kier molecular flexibility index (Phi) is 5.57. The predicted octanol–water partition coefficient (Wildman–Crippen LogP) is 2.95. The van der Waals surface area contributed by atoms with Crippen molar-refractivity contribution in [1.82, 2.24) is 10.2 Å². The Balaban J connectivity index is 1.68. The number of furan rings is 1. The molecule has 28 heavy (non-hydrogen) atoms. The van der Waals surface area contributed by atoms with Crippen LogP contribution in [0.2, 0.25) is 0 Å². The zero-order chi connectivity index (χ0) is 20.3. The van der Waals surface area contributed by atoms with E-state index >= 15 is 0 Å². The first-order valence-corrected chi connectivity index (χ1v) is 8.69. The summed E-state index contributed by atoms with van der Waals surface area (Å²) in [5, 5.41) is 16.1. The van der Waals surface area contributed by atoms with Gasteiger partial charge in [0.2, 0.25) is 5.91 Å². The number of nitrogens with one attached hydrogen (secondary N) is 2. The zero-order valence-electron chi connectivity index (χ0n) is 15.1. The van der Waals surface area contributed by atoms with Gasteiger partial charge in [-0.15, -0.1) is 0 Å². The van der Waals surface area contributed by atoms with Gasteiger partial charge in [-0.25, -0.2) is 9.18 Å². The number of hydrogen-bond acceptors (Lipinski definition) is 5. The Morgan fingerprint density at radius 3 is 2.89 bits per heavy atom. The molecule has 1 fully saturated rings. The van der Waals surface area contributed by atoms with Gasteiger partial charge in [-0.1, -0.05) is 0 Å². The first-order chi connectivity index (χ1) is 13.4. The molecule has 3 amide bonds. The molecule has 1 saturated heterocycles. The van der Waals surface area contributed by atoms with Crippen molar-refractivity contribution in [3.63, 3.8) is 0 Å². The van der Waals surface area contributed by atoms with Crippen LogP contribution in [0, 0.1) is 22.9 Å². The number of aryl methyl sites for hydroxylation is 1. The molecular weight excluding hydrogens is 371 g/mol. The second kappa shape index (κ2) is 8.07. The molecular formula is C18H19FN4O5. The van der Waals surface area contributed by atoms with E-state index in [-0.39, 0.29) is 29.4 Å². The minimum Gasteiger partial charge on any atom is -0.467 e. The summed E-state index contributed by atoms with van der Waals surface area (Å²) >= 11 is 0. The Labute approximate surface area is 159 Å². The van der Waals surface area contributed by atoms with Crippen molar-refractivity contribution >= 4 is 23.3 Å². The highest BCUT2D eigenvalue weighted by molar-refractivity contribution is 5.94. The van der Waals surface area contributed by atoms with E-state index in [0.29, 0.717) is 25.1 Å². The van der Waals surface area contributed by atoms with Crippen molar-refractivity contribution in [1.29, 1.82) is 0 Å². The van der Waals surface area contributed by atoms with Crippen LogP contribution in [0.1, 0.15) is 24.2 Å². The van der Waals surface area contributed by atoms with Gasteiger partial charge < -0.3 is 20.0 Å². The first kappa shape index (κ1) is 19.3. The molecule has 0 unspecified atom stereocenters. The van der Waals surface area contributed by atoms with Crippen molar-refractivity contribution < 1.29 is 23.3 Å². The summed E-state index contributed by atoms with van der Waals surface area (Å²) in [5.74, 6) is -0.551. The van der Waals surface area contributed by atoms with E-state index in [2.05, 4.69) is 10.6 Å². The molecule has 9 nitrogen and oxygen atoms in total. The summed E-state index contributed by atoms with van der Waals surface area (Å²) in [6.07, 6.45) is 2.57. The third kappa shape index (κ3) is 4.11. The van der Waals surface area contributed by atoms with Crippen molar-refractivity contribution in [3.05, 3.63) is 57.8 Å². The summed E-state index contributed by atoms with van der Waals surface area (Å²) in [4.78, 5) is 36.7. The standard InChI is InChI=1S/C18H19FN4O5/c1-11-8-13(19)14(9-16(11)23(26)27)21-18(25)22-6-2-5-15(22)17(24)20-10-12-4-3-7-28-12/h3-4,7-9,15H,2,5-6,10H2,1H3,(H,20,24)(H,21,25)/t15-/m1/s1. The summed E-state index contributed by atoms with van der Waals surface area (Å²) < 4.78 is 19.3. The lowest BCUT2D eigenvalue weighted by molar-refractivity contribution is -0.385. The van der Waals surface area contributed by atoms with Crippen LogP contribution < -0.4 is 10.6 Å². The number of carbonyl (C=O) groups is 2. The molecule has 1 aliphatic rings. The van der Waals surface area contributed by atoms with Crippen LogP contribution >= 0.6 is 0 Å². The molecule has 10 heteroatoms. The van der Waals surface area contributed by atoms with Crippen molar-refractivity contribution in [2.24, 2.45) is 0 Å². The van der Waals surface area contributed by atoms with Gasteiger partial charge in [0, 0.05) is 18.2 Å². The van der Waals surface area contributed by atoms with Crippen LogP contribution in [-0.4, -0.2) is 34.3 Å². The van der Waals surface area contributed by atoms with E-state index in [4.69, 9.17) is 4.42 Å². The van der Waals surface area contributed by atoms with E-state index in [9.17, 15) is 24.1 Å². The second-order valence-electron chi connectivity index (χ2n) is 6.45. The van der Waals surface area contributed by atoms with Gasteiger partial charge in [-0.05, 0) is 38.0 Å². The average Bonchev–Trinajstić information content (AvgIpc) is 3.33. The van der Waals surface area contributed by atoms with Gasteiger partial charge in [0.1, 0.15) is 17.6 Å². The number of likely N-dealkylation sites (tertiary alicyclic amines) is 1. The van der Waals surface area contributed by atoms with Crippen molar-refractivity contribution in [3.8, 4) is 0 Å². The highest BCUT2D eigenvalue weighted by Gasteiger charge is 2.34. The molecule has 148 valence electrons. The van der Waals surface area contributed by atoms with Gasteiger partial charge in [0.15, 0.2) is 0 Å². The van der Waals surface area contributed by atoms with Gasteiger partial charge in [-0.3, -0.25) is 14.9 Å². The molecule has 2 N–H and O–H groups in total. The average molecular weight is 390 g/mol. The number of rotatable bonds is 5. The Bertz CT molecular complexity index is 900. The molecule has 1 aromatic carbocycles. The van der Waals surface area contributed by atoms with Crippen LogP contribution in [0.4, 0.5) is 20.6 Å². The first-order valence-electron chi connectivity index (χ1n) is 8.69. The molecule has 0 spiro atoms. The number of amides is 3. The van der Waals surface area contributed by atoms with Crippen molar-refractivity contribution in [2.75, 3.05) is 11.9 Å². The summed E-state index contributed by atoms with van der Waals surface area (Å²) in [5.41, 5.74) is -0.452. The zero-order valence-corrected chi connectivity index (χ0v) is 15.1. The lowest BCUT2D eigenvalue weighted by atomic mass is 10.1. The largest absolute Gasteiger partial charge is 0.467 e. The topological polar surface area (TPSA) is 118 Å². The molecule has 2 heterocycles. The molecule has 1 atom stereocenters. The predicted molar refractivity (Wildman–Crippen MR) is 97.1 cm³/mol. The highest BCUT2D eigenvalue weighted by Crippen LogP contribution is 2.27. The lowest BCUT2D eigenvalue weighted by Gasteiger charge is -2.24. The fourth-order valence-corrected chi connectivity index (χ4v) is 3.13. The van der Waals surface area contributed by atoms with Gasteiger partial charge in [0.25, 0.3) is 5.69 Å². The molecule has 0 saturated carbocycles. The smallest absolute Gasteiger partial charge is 0.322 e. The molecule has 0 radical (unpaired) electrons. The third-order valence-corrected chi connectivity index (χ3v) is 4.56. The number of benzene rings is 1. The molecule has 2 aromatic rings. The second-order valence-corrected chi connectivity index (χ2v) is 6.45. The van der Waals surface area contributed by atoms with Crippen molar-refractivity contribution in [2.45, 2.75) is 32.4 Å². The molecule has 3 rings (SSSR count). The molecule has 1 aliphatic heterocycles. The maximum Gasteiger partial charge on any atom is 0.322 e. The fourth-order valence-electron chi connectivity index (χ4n) is 3.13. The molecule has 0 bridgehead atoms. The third-order valence-electron chi connectivity index (χ3n) is 4.56. The number of nitrogens with zero attached hydrogens (tertiary/aromatic N) is 2. The van der Waals surface area contributed by atoms with Gasteiger partial charge in [0.05, 0.1) is 23.4 Å². The van der Waals surface area contributed by atoms with E-state index in [1.807, 2.05) is 0 Å². The minimum atomic E-state index is -0.783. The SMILES string of the molecule is Cc1cc(F)c(NC(=O)N2CCC[C@@H]2C(=O)NCc2ccco2)cc1[N+](=O)[O-]. The van der Waals surface area contributed by atoms with E-state index in [0.717, 1.165) is 12.1 Å². The number of urea groups is 1. The van der Waals surface area contributed by atoms with Gasteiger partial charge in [-0.2, -0.15) is 0 Å². The number of anilines is 1. The Morgan fingerprint density at radius 2 is 2.21 bits per heavy atom. The lowest BCUT2D eigenvalue weighted by Crippen LogP contribution is -2.47. The fraction of sp³-hybridized carbons (Fsp3) is 0.333. The van der Waals surface area contributed by atoms with Crippen LogP contribution in [0.25, 0.3) is 0 Å². The maximum absolute atomic E-state index is 14.1. The van der Waals surface area contributed by atoms with E-state index in [1.165, 1.54) is 18.1 Å². The Hall–Kier alpha value is -3.43. The monoisotopic (exact) mass is 390 g/mol. The van der Waals surface area contributed by atoms with Gasteiger partial charge >= 0.3 is 6.03 Å². The summed E-state index contributed by atoms with van der Waals surface area (Å²) in [7, 11) is 0. The molecule has 1 aromatic heterocycles. The van der Waals surface area contributed by atoms with E-state index in [1.54, 1.807) is 12.1 Å². The molecule has 0 aliphatic carbocycles. The number of hydrogen-bond donors (Lipinski definition) is 2. The van der Waals surface area contributed by atoms with Crippen LogP contribution in [0.15, 0.2) is 34.9 Å². The van der Waals surface area contributed by atoms with Crippen LogP contribution in [-0.2, 0) is 11.3 Å². The quantitative estimate of drug-likeness (QED) is 0.601. The Morgan fingerprint density at radius 1 is 1.43 bits per heavy atom. The van der Waals surface area contributed by atoms with E-state index < -0.39 is 22.8 Å². The van der Waals surface area contributed by atoms with Crippen LogP contribution in [0.5, 0.6) is 0 Å². The normalized spacial score (nSPS) is 16.1. The minimum absolute atomic E-state index is 0.150.